The molecule has 0 amide bonds. The van der Waals surface area contributed by atoms with Crippen LogP contribution in [0.25, 0.3) is 6.08 Å². The SMILES string of the molecule is N#CCC[C@H](C#N)C[NH+]1CC[NH+](C/C=C/c2ccccc2)CC1. The van der Waals surface area contributed by atoms with Crippen LogP contribution in [0.2, 0.25) is 0 Å². The lowest BCUT2D eigenvalue weighted by molar-refractivity contribution is -1.01. The van der Waals surface area contributed by atoms with E-state index in [9.17, 15) is 5.26 Å². The van der Waals surface area contributed by atoms with Gasteiger partial charge in [0, 0.05) is 6.42 Å². The molecule has 2 rings (SSSR count). The summed E-state index contributed by atoms with van der Waals surface area (Å²) in [7, 11) is 0. The summed E-state index contributed by atoms with van der Waals surface area (Å²) >= 11 is 0. The molecule has 0 radical (unpaired) electrons. The highest BCUT2D eigenvalue weighted by Crippen LogP contribution is 2.01. The molecule has 1 aromatic carbocycles. The molecule has 4 nitrogen and oxygen atoms in total. The van der Waals surface area contributed by atoms with Gasteiger partial charge in [-0.25, -0.2) is 0 Å². The lowest BCUT2D eigenvalue weighted by Gasteiger charge is -2.30. The average Bonchev–Trinajstić information content (AvgIpc) is 2.61. The first-order chi connectivity index (χ1) is 11.3. The van der Waals surface area contributed by atoms with Gasteiger partial charge in [0.15, 0.2) is 0 Å². The van der Waals surface area contributed by atoms with E-state index in [1.807, 2.05) is 6.07 Å². The third-order valence-corrected chi connectivity index (χ3v) is 4.50. The van der Waals surface area contributed by atoms with E-state index >= 15 is 0 Å². The Morgan fingerprint density at radius 3 is 2.39 bits per heavy atom. The van der Waals surface area contributed by atoms with Crippen LogP contribution in [0.3, 0.4) is 0 Å². The molecule has 0 bridgehead atoms. The van der Waals surface area contributed by atoms with Gasteiger partial charge in [0.05, 0.1) is 31.1 Å². The van der Waals surface area contributed by atoms with Gasteiger partial charge in [0.2, 0.25) is 0 Å². The number of hydrogen-bond donors (Lipinski definition) is 2. The summed E-state index contributed by atoms with van der Waals surface area (Å²) in [6, 6.07) is 14.9. The van der Waals surface area contributed by atoms with Crippen molar-refractivity contribution >= 4 is 6.08 Å². The van der Waals surface area contributed by atoms with Gasteiger partial charge in [-0.15, -0.1) is 0 Å². The van der Waals surface area contributed by atoms with E-state index in [1.165, 1.54) is 10.5 Å². The molecular formula is C19H26N4+2. The molecule has 1 aromatic rings. The van der Waals surface area contributed by atoms with Crippen LogP contribution in [-0.2, 0) is 0 Å². The minimum atomic E-state index is 0.0316. The molecule has 1 aliphatic rings. The van der Waals surface area contributed by atoms with E-state index in [0.717, 1.165) is 39.3 Å². The Balaban J connectivity index is 1.69. The summed E-state index contributed by atoms with van der Waals surface area (Å²) in [4.78, 5) is 3.14. The van der Waals surface area contributed by atoms with Gasteiger partial charge in [0.1, 0.15) is 26.2 Å². The molecule has 0 aromatic heterocycles. The van der Waals surface area contributed by atoms with Crippen molar-refractivity contribution in [3.05, 3.63) is 42.0 Å². The highest BCUT2D eigenvalue weighted by atomic mass is 15.3. The fourth-order valence-electron chi connectivity index (χ4n) is 3.09. The fourth-order valence-corrected chi connectivity index (χ4v) is 3.09. The molecule has 120 valence electrons. The van der Waals surface area contributed by atoms with E-state index in [2.05, 4.69) is 48.6 Å². The van der Waals surface area contributed by atoms with Crippen LogP contribution in [0, 0.1) is 28.6 Å². The molecule has 23 heavy (non-hydrogen) atoms. The van der Waals surface area contributed by atoms with Crippen molar-refractivity contribution in [1.82, 2.24) is 0 Å². The summed E-state index contributed by atoms with van der Waals surface area (Å²) in [5.74, 6) is 0.0316. The van der Waals surface area contributed by atoms with Crippen LogP contribution in [-0.4, -0.2) is 39.3 Å². The van der Waals surface area contributed by atoms with Gasteiger partial charge in [-0.05, 0) is 18.1 Å². The topological polar surface area (TPSA) is 56.5 Å². The Hall–Kier alpha value is -2.14. The third-order valence-electron chi connectivity index (χ3n) is 4.50. The zero-order valence-corrected chi connectivity index (χ0v) is 13.7. The molecule has 0 saturated carbocycles. The van der Waals surface area contributed by atoms with E-state index in [4.69, 9.17) is 5.26 Å². The Morgan fingerprint density at radius 1 is 1.04 bits per heavy atom. The second kappa shape index (κ2) is 9.79. The number of nitrogens with zero attached hydrogens (tertiary/aromatic N) is 2. The summed E-state index contributed by atoms with van der Waals surface area (Å²) in [5.41, 5.74) is 1.26. The van der Waals surface area contributed by atoms with Gasteiger partial charge in [-0.1, -0.05) is 36.4 Å². The standard InChI is InChI=1S/C19H24N4/c20-10-4-8-19(16-21)17-23-14-12-22(13-15-23)11-5-9-18-6-2-1-3-7-18/h1-3,5-7,9,19H,4,8,11-15,17H2/p+2/b9-5+/t19-/m1/s1. The quantitative estimate of drug-likeness (QED) is 0.740. The Morgan fingerprint density at radius 2 is 1.74 bits per heavy atom. The first-order valence-corrected chi connectivity index (χ1v) is 8.47. The van der Waals surface area contributed by atoms with Crippen molar-refractivity contribution in [2.24, 2.45) is 5.92 Å². The van der Waals surface area contributed by atoms with Crippen LogP contribution in [0.15, 0.2) is 36.4 Å². The molecule has 1 atom stereocenters. The van der Waals surface area contributed by atoms with Crippen LogP contribution in [0.1, 0.15) is 18.4 Å². The number of nitriles is 2. The first-order valence-electron chi connectivity index (χ1n) is 8.47. The van der Waals surface area contributed by atoms with Crippen molar-refractivity contribution in [3.63, 3.8) is 0 Å². The van der Waals surface area contributed by atoms with Crippen molar-refractivity contribution < 1.29 is 9.80 Å². The monoisotopic (exact) mass is 310 g/mol. The highest BCUT2D eigenvalue weighted by molar-refractivity contribution is 5.48. The van der Waals surface area contributed by atoms with Crippen molar-refractivity contribution in [2.45, 2.75) is 12.8 Å². The molecule has 1 fully saturated rings. The van der Waals surface area contributed by atoms with Gasteiger partial charge in [-0.3, -0.25) is 0 Å². The summed E-state index contributed by atoms with van der Waals surface area (Å²) in [6.07, 6.45) is 5.67. The van der Waals surface area contributed by atoms with E-state index in [0.29, 0.717) is 12.8 Å². The smallest absolute Gasteiger partial charge is 0.127 e. The zero-order chi connectivity index (χ0) is 16.3. The summed E-state index contributed by atoms with van der Waals surface area (Å²) in [6.45, 7) is 6.53. The molecule has 0 spiro atoms. The first kappa shape index (κ1) is 17.2. The molecule has 1 aliphatic heterocycles. The molecule has 2 N–H and O–H groups in total. The number of benzene rings is 1. The molecule has 0 unspecified atom stereocenters. The number of quaternary nitrogens is 2. The van der Waals surface area contributed by atoms with Gasteiger partial charge in [-0.2, -0.15) is 10.5 Å². The summed E-state index contributed by atoms with van der Waals surface area (Å²) < 4.78 is 0. The largest absolute Gasteiger partial charge is 0.325 e. The molecule has 1 saturated heterocycles. The third kappa shape index (κ3) is 6.24. The molecular weight excluding hydrogens is 284 g/mol. The van der Waals surface area contributed by atoms with E-state index < -0.39 is 0 Å². The fraction of sp³-hybridized carbons (Fsp3) is 0.474. The van der Waals surface area contributed by atoms with Crippen molar-refractivity contribution in [1.29, 1.82) is 10.5 Å². The second-order valence-corrected chi connectivity index (χ2v) is 6.24. The predicted octanol–water partition coefficient (Wildman–Crippen LogP) is -0.0732. The molecule has 4 heteroatoms. The predicted molar refractivity (Wildman–Crippen MR) is 90.6 cm³/mol. The van der Waals surface area contributed by atoms with Crippen molar-refractivity contribution in [2.75, 3.05) is 39.3 Å². The van der Waals surface area contributed by atoms with Gasteiger partial charge >= 0.3 is 0 Å². The maximum Gasteiger partial charge on any atom is 0.127 e. The minimum absolute atomic E-state index is 0.0316. The zero-order valence-electron chi connectivity index (χ0n) is 13.7. The second-order valence-electron chi connectivity index (χ2n) is 6.24. The molecule has 1 heterocycles. The van der Waals surface area contributed by atoms with Crippen molar-refractivity contribution in [3.8, 4) is 12.1 Å². The molecule has 0 aliphatic carbocycles. The Labute approximate surface area is 139 Å². The normalized spacial score (nSPS) is 22.3. The average molecular weight is 310 g/mol. The Kier molecular flexibility index (Phi) is 7.33. The van der Waals surface area contributed by atoms with Crippen LogP contribution < -0.4 is 9.80 Å². The van der Waals surface area contributed by atoms with Gasteiger partial charge < -0.3 is 9.80 Å². The number of rotatable bonds is 7. The van der Waals surface area contributed by atoms with E-state index in [1.54, 1.807) is 4.90 Å². The summed E-state index contributed by atoms with van der Waals surface area (Å²) in [5, 5.41) is 17.8. The maximum atomic E-state index is 9.17. The lowest BCUT2D eigenvalue weighted by Crippen LogP contribution is -3.28. The van der Waals surface area contributed by atoms with E-state index in [-0.39, 0.29) is 5.92 Å². The number of nitrogens with one attached hydrogen (secondary N) is 2. The minimum Gasteiger partial charge on any atom is -0.325 e. The van der Waals surface area contributed by atoms with Crippen LogP contribution >= 0.6 is 0 Å². The number of hydrogen-bond acceptors (Lipinski definition) is 2. The Bertz CT molecular complexity index is 559. The van der Waals surface area contributed by atoms with Crippen LogP contribution in [0.4, 0.5) is 0 Å². The van der Waals surface area contributed by atoms with Gasteiger partial charge in [0.25, 0.3) is 0 Å². The highest BCUT2D eigenvalue weighted by Gasteiger charge is 2.24. The number of piperazine rings is 1. The maximum absolute atomic E-state index is 9.17. The lowest BCUT2D eigenvalue weighted by atomic mass is 10.0. The van der Waals surface area contributed by atoms with Crippen LogP contribution in [0.5, 0.6) is 0 Å².